The van der Waals surface area contributed by atoms with Crippen molar-refractivity contribution in [1.82, 2.24) is 19.6 Å². The Morgan fingerprint density at radius 1 is 1.09 bits per heavy atom. The van der Waals surface area contributed by atoms with E-state index in [4.69, 9.17) is 11.5 Å². The second kappa shape index (κ2) is 8.69. The minimum atomic E-state index is -1.60. The SMILES string of the molecule is Cc1cn2c(C(N)=O)cccc2c1-c1nnc(C(N)=O)c(NCc2cccc(B(O)O)c2)n1. The molecule has 7 N–H and O–H groups in total. The van der Waals surface area contributed by atoms with Gasteiger partial charge in [0.05, 0.1) is 5.52 Å². The van der Waals surface area contributed by atoms with Crippen LogP contribution in [0.15, 0.2) is 48.7 Å². The lowest BCUT2D eigenvalue weighted by Crippen LogP contribution is -2.30. The van der Waals surface area contributed by atoms with Crippen LogP contribution in [0.4, 0.5) is 5.82 Å². The van der Waals surface area contributed by atoms with Gasteiger partial charge >= 0.3 is 7.12 Å². The highest BCUT2D eigenvalue weighted by Crippen LogP contribution is 2.29. The summed E-state index contributed by atoms with van der Waals surface area (Å²) < 4.78 is 1.65. The van der Waals surface area contributed by atoms with E-state index >= 15 is 0 Å². The van der Waals surface area contributed by atoms with E-state index in [1.54, 1.807) is 53.1 Å². The number of primary amides is 2. The van der Waals surface area contributed by atoms with Crippen LogP contribution < -0.4 is 22.2 Å². The molecule has 3 heterocycles. The molecule has 2 amide bonds. The number of aromatic nitrogens is 4. The Bertz CT molecular complexity index is 1390. The van der Waals surface area contributed by atoms with Gasteiger partial charge in [-0.05, 0) is 35.6 Å². The highest BCUT2D eigenvalue weighted by atomic mass is 16.4. The van der Waals surface area contributed by atoms with Crippen molar-refractivity contribution in [2.45, 2.75) is 13.5 Å². The topological polar surface area (TPSA) is 182 Å². The second-order valence-electron chi connectivity index (χ2n) is 7.39. The van der Waals surface area contributed by atoms with Gasteiger partial charge in [-0.2, -0.15) is 0 Å². The maximum absolute atomic E-state index is 11.9. The molecule has 0 aliphatic carbocycles. The molecule has 0 aliphatic rings. The summed E-state index contributed by atoms with van der Waals surface area (Å²) in [6.45, 7) is 2.04. The van der Waals surface area contributed by atoms with Gasteiger partial charge in [0.15, 0.2) is 17.3 Å². The molecule has 3 aromatic heterocycles. The maximum Gasteiger partial charge on any atom is 0.488 e. The number of nitrogens with zero attached hydrogens (tertiary/aromatic N) is 4. The number of hydrogen-bond acceptors (Lipinski definition) is 8. The van der Waals surface area contributed by atoms with E-state index in [9.17, 15) is 19.6 Å². The molecular formula is C21H20BN7O4. The quantitative estimate of drug-likeness (QED) is 0.238. The molecule has 0 unspecified atom stereocenters. The molecule has 0 saturated carbocycles. The lowest BCUT2D eigenvalue weighted by molar-refractivity contribution is 0.0986. The van der Waals surface area contributed by atoms with Crippen molar-refractivity contribution in [1.29, 1.82) is 0 Å². The van der Waals surface area contributed by atoms with E-state index in [0.29, 0.717) is 27.8 Å². The summed E-state index contributed by atoms with van der Waals surface area (Å²) >= 11 is 0. The first-order valence-corrected chi connectivity index (χ1v) is 9.90. The predicted molar refractivity (Wildman–Crippen MR) is 122 cm³/mol. The first kappa shape index (κ1) is 21.9. The third-order valence-corrected chi connectivity index (χ3v) is 5.11. The molecule has 0 radical (unpaired) electrons. The Morgan fingerprint density at radius 2 is 1.85 bits per heavy atom. The molecule has 4 aromatic rings. The van der Waals surface area contributed by atoms with Gasteiger partial charge in [-0.1, -0.05) is 30.3 Å². The maximum atomic E-state index is 11.9. The summed E-state index contributed by atoms with van der Waals surface area (Å²) in [6, 6.07) is 11.7. The first-order valence-electron chi connectivity index (χ1n) is 9.90. The summed E-state index contributed by atoms with van der Waals surface area (Å²) in [7, 11) is -1.60. The number of anilines is 1. The van der Waals surface area contributed by atoms with Gasteiger partial charge in [0.25, 0.3) is 11.8 Å². The summed E-state index contributed by atoms with van der Waals surface area (Å²) in [4.78, 5) is 28.2. The third-order valence-electron chi connectivity index (χ3n) is 5.11. The van der Waals surface area contributed by atoms with E-state index in [0.717, 1.165) is 5.56 Å². The van der Waals surface area contributed by atoms with Crippen LogP contribution in [-0.2, 0) is 6.54 Å². The summed E-state index contributed by atoms with van der Waals surface area (Å²) in [6.07, 6.45) is 1.74. The number of carbonyl (C=O) groups excluding carboxylic acids is 2. The molecule has 0 atom stereocenters. The lowest BCUT2D eigenvalue weighted by atomic mass is 9.80. The number of rotatable bonds is 7. The van der Waals surface area contributed by atoms with Crippen LogP contribution in [0.1, 0.15) is 32.1 Å². The number of benzene rings is 1. The highest BCUT2D eigenvalue weighted by Gasteiger charge is 2.20. The van der Waals surface area contributed by atoms with Crippen molar-refractivity contribution in [3.8, 4) is 11.4 Å². The van der Waals surface area contributed by atoms with Crippen molar-refractivity contribution in [2.24, 2.45) is 11.5 Å². The average Bonchev–Trinajstić information content (AvgIpc) is 3.13. The van der Waals surface area contributed by atoms with E-state index in [-0.39, 0.29) is 23.9 Å². The highest BCUT2D eigenvalue weighted by molar-refractivity contribution is 6.58. The molecule has 4 rings (SSSR count). The molecule has 0 spiro atoms. The van der Waals surface area contributed by atoms with Gasteiger partial charge in [-0.15, -0.1) is 10.2 Å². The standard InChI is InChI=1S/C21H20BN7O4/c1-11-10-29-14(6-3-7-15(29)18(23)30)16(11)20-26-21(17(19(24)31)27-28-20)25-9-12-4-2-5-13(8-12)22(32)33/h2-8,10,32-33H,9H2,1H3,(H2,23,30)(H2,24,31)(H,25,26,28). The number of carbonyl (C=O) groups is 2. The molecule has 12 heteroatoms. The van der Waals surface area contributed by atoms with Crippen molar-refractivity contribution < 1.29 is 19.6 Å². The number of nitrogens with two attached hydrogens (primary N) is 2. The molecule has 0 saturated heterocycles. The summed E-state index contributed by atoms with van der Waals surface area (Å²) in [5, 5.41) is 29.8. The molecule has 11 nitrogen and oxygen atoms in total. The number of nitrogens with one attached hydrogen (secondary N) is 1. The number of pyridine rings is 1. The van der Waals surface area contributed by atoms with Gasteiger partial charge in [-0.3, -0.25) is 9.59 Å². The van der Waals surface area contributed by atoms with E-state index in [1.807, 2.05) is 6.92 Å². The van der Waals surface area contributed by atoms with Gasteiger partial charge in [0.2, 0.25) is 0 Å². The van der Waals surface area contributed by atoms with Crippen LogP contribution in [0, 0.1) is 6.92 Å². The fourth-order valence-corrected chi connectivity index (χ4v) is 3.59. The number of hydrogen-bond donors (Lipinski definition) is 5. The molecule has 166 valence electrons. The van der Waals surface area contributed by atoms with Gasteiger partial charge in [0, 0.05) is 18.3 Å². The zero-order valence-electron chi connectivity index (χ0n) is 17.6. The average molecular weight is 445 g/mol. The molecule has 0 bridgehead atoms. The summed E-state index contributed by atoms with van der Waals surface area (Å²) in [5.74, 6) is -1.04. The Balaban J connectivity index is 1.75. The zero-order chi connectivity index (χ0) is 23.7. The lowest BCUT2D eigenvalue weighted by Gasteiger charge is -2.11. The monoisotopic (exact) mass is 445 g/mol. The Labute approximate surface area is 188 Å². The minimum absolute atomic E-state index is 0.118. The van der Waals surface area contributed by atoms with Crippen molar-refractivity contribution in [2.75, 3.05) is 5.32 Å². The fourth-order valence-electron chi connectivity index (χ4n) is 3.59. The minimum Gasteiger partial charge on any atom is -0.423 e. The van der Waals surface area contributed by atoms with Crippen LogP contribution in [0.25, 0.3) is 16.9 Å². The molecule has 0 aliphatic heterocycles. The van der Waals surface area contributed by atoms with Crippen LogP contribution in [0.2, 0.25) is 0 Å². The number of fused-ring (bicyclic) bond motifs is 1. The van der Waals surface area contributed by atoms with Crippen LogP contribution in [-0.4, -0.2) is 48.6 Å². The Morgan fingerprint density at radius 3 is 2.55 bits per heavy atom. The third kappa shape index (κ3) is 4.24. The van der Waals surface area contributed by atoms with Crippen LogP contribution in [0.3, 0.4) is 0 Å². The second-order valence-corrected chi connectivity index (χ2v) is 7.39. The Hall–Kier alpha value is -4.29. The normalized spacial score (nSPS) is 10.9. The first-order chi connectivity index (χ1) is 15.8. The number of amides is 2. The van der Waals surface area contributed by atoms with Gasteiger partial charge in [0.1, 0.15) is 5.69 Å². The summed E-state index contributed by atoms with van der Waals surface area (Å²) in [5.41, 5.74) is 14.2. The zero-order valence-corrected chi connectivity index (χ0v) is 17.6. The largest absolute Gasteiger partial charge is 0.488 e. The van der Waals surface area contributed by atoms with E-state index < -0.39 is 18.9 Å². The molecule has 33 heavy (non-hydrogen) atoms. The van der Waals surface area contributed by atoms with Gasteiger partial charge in [-0.25, -0.2) is 4.98 Å². The fraction of sp³-hybridized carbons (Fsp3) is 0.0952. The molecule has 0 fully saturated rings. The van der Waals surface area contributed by atoms with Crippen molar-refractivity contribution in [3.05, 3.63) is 71.2 Å². The van der Waals surface area contributed by atoms with E-state index in [1.165, 1.54) is 0 Å². The predicted octanol–water partition coefficient (Wildman–Crippen LogP) is -0.411. The van der Waals surface area contributed by atoms with Crippen molar-refractivity contribution >= 4 is 35.7 Å². The van der Waals surface area contributed by atoms with Gasteiger partial charge < -0.3 is 31.2 Å². The van der Waals surface area contributed by atoms with E-state index in [2.05, 4.69) is 20.5 Å². The Kier molecular flexibility index (Phi) is 5.77. The molecule has 1 aromatic carbocycles. The van der Waals surface area contributed by atoms with Crippen molar-refractivity contribution in [3.63, 3.8) is 0 Å². The van der Waals surface area contributed by atoms with Crippen LogP contribution in [0.5, 0.6) is 0 Å². The van der Waals surface area contributed by atoms with Crippen LogP contribution >= 0.6 is 0 Å². The smallest absolute Gasteiger partial charge is 0.423 e. The molecular weight excluding hydrogens is 425 g/mol. The number of aryl methyl sites for hydroxylation is 1.